The molecule has 1 atom stereocenters. The Morgan fingerprint density at radius 3 is 2.70 bits per heavy atom. The minimum absolute atomic E-state index is 0.00253. The summed E-state index contributed by atoms with van der Waals surface area (Å²) < 4.78 is 0. The molecular formula is C17H22N2O. The molecule has 0 bridgehead atoms. The summed E-state index contributed by atoms with van der Waals surface area (Å²) in [4.78, 5) is 12.3. The topological polar surface area (TPSA) is 55.1 Å². The van der Waals surface area contributed by atoms with E-state index in [1.54, 1.807) is 0 Å². The van der Waals surface area contributed by atoms with Gasteiger partial charge in [0.05, 0.1) is 0 Å². The minimum atomic E-state index is -0.00253. The first-order chi connectivity index (χ1) is 9.76. The van der Waals surface area contributed by atoms with Gasteiger partial charge in [-0.1, -0.05) is 49.7 Å². The highest BCUT2D eigenvalue weighted by Gasteiger charge is 2.11. The molecule has 0 aliphatic heterocycles. The van der Waals surface area contributed by atoms with Gasteiger partial charge in [-0.15, -0.1) is 0 Å². The fraction of sp³-hybridized carbons (Fsp3) is 0.353. The summed E-state index contributed by atoms with van der Waals surface area (Å²) in [5.41, 5.74) is 6.33. The Hall–Kier alpha value is -1.87. The molecule has 1 unspecified atom stereocenters. The zero-order valence-electron chi connectivity index (χ0n) is 11.9. The van der Waals surface area contributed by atoms with Crippen LogP contribution in [0.25, 0.3) is 10.8 Å². The van der Waals surface area contributed by atoms with Crippen molar-refractivity contribution in [3.05, 3.63) is 48.0 Å². The van der Waals surface area contributed by atoms with E-state index in [4.69, 9.17) is 5.73 Å². The SMILES string of the molecule is CCC(CCN)CNC(=O)c1cccc2ccccc12. The van der Waals surface area contributed by atoms with Crippen molar-refractivity contribution in [2.75, 3.05) is 13.1 Å². The van der Waals surface area contributed by atoms with Crippen LogP contribution in [-0.2, 0) is 0 Å². The van der Waals surface area contributed by atoms with Crippen LogP contribution in [0.2, 0.25) is 0 Å². The van der Waals surface area contributed by atoms with E-state index in [1.807, 2.05) is 42.5 Å². The lowest BCUT2D eigenvalue weighted by molar-refractivity contribution is 0.0948. The van der Waals surface area contributed by atoms with Crippen molar-refractivity contribution in [3.63, 3.8) is 0 Å². The van der Waals surface area contributed by atoms with Crippen LogP contribution >= 0.6 is 0 Å². The fourth-order valence-electron chi connectivity index (χ4n) is 2.44. The van der Waals surface area contributed by atoms with Crippen molar-refractivity contribution in [1.29, 1.82) is 0 Å². The minimum Gasteiger partial charge on any atom is -0.352 e. The maximum atomic E-state index is 12.3. The van der Waals surface area contributed by atoms with Crippen molar-refractivity contribution in [2.45, 2.75) is 19.8 Å². The molecule has 0 aliphatic carbocycles. The van der Waals surface area contributed by atoms with Crippen LogP contribution in [0.15, 0.2) is 42.5 Å². The van der Waals surface area contributed by atoms with E-state index in [-0.39, 0.29) is 5.91 Å². The third-order valence-electron chi connectivity index (χ3n) is 3.74. The van der Waals surface area contributed by atoms with Gasteiger partial charge in [0.25, 0.3) is 5.91 Å². The van der Waals surface area contributed by atoms with Crippen molar-refractivity contribution in [2.24, 2.45) is 11.7 Å². The predicted molar refractivity (Wildman–Crippen MR) is 83.7 cm³/mol. The number of carbonyl (C=O) groups is 1. The van der Waals surface area contributed by atoms with Crippen molar-refractivity contribution >= 4 is 16.7 Å². The Morgan fingerprint density at radius 2 is 1.95 bits per heavy atom. The first-order valence-corrected chi connectivity index (χ1v) is 7.22. The normalized spacial score (nSPS) is 12.3. The molecule has 0 fully saturated rings. The first-order valence-electron chi connectivity index (χ1n) is 7.22. The lowest BCUT2D eigenvalue weighted by atomic mass is 10.0. The van der Waals surface area contributed by atoms with Gasteiger partial charge in [0.2, 0.25) is 0 Å². The number of amides is 1. The molecule has 2 aromatic carbocycles. The number of nitrogens with two attached hydrogens (primary N) is 1. The van der Waals surface area contributed by atoms with Crippen LogP contribution in [0, 0.1) is 5.92 Å². The quantitative estimate of drug-likeness (QED) is 0.848. The second-order valence-corrected chi connectivity index (χ2v) is 5.09. The van der Waals surface area contributed by atoms with E-state index in [0.717, 1.165) is 29.2 Å². The molecule has 3 nitrogen and oxygen atoms in total. The largest absolute Gasteiger partial charge is 0.352 e. The standard InChI is InChI=1S/C17H22N2O/c1-2-13(10-11-18)12-19-17(20)16-9-5-7-14-6-3-4-8-15(14)16/h3-9,13H,2,10-12,18H2,1H3,(H,19,20). The monoisotopic (exact) mass is 270 g/mol. The smallest absolute Gasteiger partial charge is 0.251 e. The summed E-state index contributed by atoms with van der Waals surface area (Å²) in [5.74, 6) is 0.455. The van der Waals surface area contributed by atoms with Crippen molar-refractivity contribution < 1.29 is 4.79 Å². The lowest BCUT2D eigenvalue weighted by Gasteiger charge is -2.15. The van der Waals surface area contributed by atoms with Crippen LogP contribution in [-0.4, -0.2) is 19.0 Å². The zero-order chi connectivity index (χ0) is 14.4. The van der Waals surface area contributed by atoms with E-state index in [0.29, 0.717) is 19.0 Å². The van der Waals surface area contributed by atoms with Crippen LogP contribution in [0.3, 0.4) is 0 Å². The van der Waals surface area contributed by atoms with Gasteiger partial charge >= 0.3 is 0 Å². The molecule has 1 amide bonds. The summed E-state index contributed by atoms with van der Waals surface area (Å²) in [7, 11) is 0. The molecule has 0 spiro atoms. The number of nitrogens with one attached hydrogen (secondary N) is 1. The van der Waals surface area contributed by atoms with E-state index in [1.165, 1.54) is 0 Å². The molecule has 0 saturated heterocycles. The third kappa shape index (κ3) is 3.36. The van der Waals surface area contributed by atoms with E-state index in [2.05, 4.69) is 12.2 Å². The van der Waals surface area contributed by atoms with Crippen molar-refractivity contribution in [1.82, 2.24) is 5.32 Å². The van der Waals surface area contributed by atoms with Gasteiger partial charge in [-0.05, 0) is 35.7 Å². The Bertz CT molecular complexity index is 575. The summed E-state index contributed by atoms with van der Waals surface area (Å²) in [6.45, 7) is 3.49. The molecule has 106 valence electrons. The van der Waals surface area contributed by atoms with Gasteiger partial charge in [0, 0.05) is 12.1 Å². The van der Waals surface area contributed by atoms with E-state index in [9.17, 15) is 4.79 Å². The maximum absolute atomic E-state index is 12.3. The molecule has 0 radical (unpaired) electrons. The second-order valence-electron chi connectivity index (χ2n) is 5.09. The Kier molecular flexibility index (Phi) is 5.13. The molecule has 2 aromatic rings. The summed E-state index contributed by atoms with van der Waals surface area (Å²) in [6.07, 6.45) is 1.99. The van der Waals surface area contributed by atoms with Gasteiger partial charge in [0.15, 0.2) is 0 Å². The average Bonchev–Trinajstić information content (AvgIpc) is 2.50. The fourth-order valence-corrected chi connectivity index (χ4v) is 2.44. The molecular weight excluding hydrogens is 248 g/mol. The molecule has 0 saturated carbocycles. The zero-order valence-corrected chi connectivity index (χ0v) is 11.9. The molecule has 0 aromatic heterocycles. The van der Waals surface area contributed by atoms with Crippen LogP contribution in [0.1, 0.15) is 30.1 Å². The van der Waals surface area contributed by atoms with E-state index >= 15 is 0 Å². The van der Waals surface area contributed by atoms with Crippen molar-refractivity contribution in [3.8, 4) is 0 Å². The summed E-state index contributed by atoms with van der Waals surface area (Å²) >= 11 is 0. The number of rotatable bonds is 6. The molecule has 3 N–H and O–H groups in total. The summed E-state index contributed by atoms with van der Waals surface area (Å²) in [6, 6.07) is 13.8. The second kappa shape index (κ2) is 7.06. The summed E-state index contributed by atoms with van der Waals surface area (Å²) in [5, 5.41) is 5.12. The molecule has 0 aliphatic rings. The highest BCUT2D eigenvalue weighted by molar-refractivity contribution is 6.06. The highest BCUT2D eigenvalue weighted by atomic mass is 16.1. The van der Waals surface area contributed by atoms with Gasteiger partial charge < -0.3 is 11.1 Å². The highest BCUT2D eigenvalue weighted by Crippen LogP contribution is 2.18. The number of hydrogen-bond donors (Lipinski definition) is 2. The predicted octanol–water partition coefficient (Wildman–Crippen LogP) is 2.94. The number of hydrogen-bond acceptors (Lipinski definition) is 2. The number of benzene rings is 2. The molecule has 2 rings (SSSR count). The number of fused-ring (bicyclic) bond motifs is 1. The average molecular weight is 270 g/mol. The lowest BCUT2D eigenvalue weighted by Crippen LogP contribution is -2.30. The van der Waals surface area contributed by atoms with E-state index < -0.39 is 0 Å². The van der Waals surface area contributed by atoms with Gasteiger partial charge in [-0.3, -0.25) is 4.79 Å². The Balaban J connectivity index is 2.11. The maximum Gasteiger partial charge on any atom is 0.251 e. The van der Waals surface area contributed by atoms with Gasteiger partial charge in [0.1, 0.15) is 0 Å². The van der Waals surface area contributed by atoms with Crippen LogP contribution < -0.4 is 11.1 Å². The Labute approximate surface area is 120 Å². The first kappa shape index (κ1) is 14.5. The van der Waals surface area contributed by atoms with Crippen LogP contribution in [0.5, 0.6) is 0 Å². The van der Waals surface area contributed by atoms with Gasteiger partial charge in [-0.25, -0.2) is 0 Å². The third-order valence-corrected chi connectivity index (χ3v) is 3.74. The van der Waals surface area contributed by atoms with Crippen LogP contribution in [0.4, 0.5) is 0 Å². The molecule has 3 heteroatoms. The number of carbonyl (C=O) groups excluding carboxylic acids is 1. The Morgan fingerprint density at radius 1 is 1.20 bits per heavy atom. The van der Waals surface area contributed by atoms with Gasteiger partial charge in [-0.2, -0.15) is 0 Å². The molecule has 0 heterocycles. The molecule has 20 heavy (non-hydrogen) atoms.